The molecule has 20 heavy (non-hydrogen) atoms. The summed E-state index contributed by atoms with van der Waals surface area (Å²) in [6.07, 6.45) is 4.50. The maximum absolute atomic E-state index is 12.4. The van der Waals surface area contributed by atoms with Crippen molar-refractivity contribution >= 4 is 11.8 Å². The number of hydrogen-bond acceptors (Lipinski definition) is 3. The Labute approximate surface area is 119 Å². The third-order valence-electron chi connectivity index (χ3n) is 3.68. The van der Waals surface area contributed by atoms with Crippen LogP contribution in [0.15, 0.2) is 16.7 Å². The first kappa shape index (κ1) is 14.6. The zero-order chi connectivity index (χ0) is 14.7. The van der Waals surface area contributed by atoms with Crippen LogP contribution in [0.1, 0.15) is 51.0 Å². The maximum Gasteiger partial charge on any atom is 0.243 e. The zero-order valence-corrected chi connectivity index (χ0v) is 12.2. The Balaban J connectivity index is 2.06. The lowest BCUT2D eigenvalue weighted by Crippen LogP contribution is -2.50. The molecular weight excluding hydrogens is 256 g/mol. The number of carbonyl (C=O) groups excluding carboxylic acids is 2. The normalized spacial score (nSPS) is 19.3. The molecule has 0 saturated carbocycles. The number of rotatable bonds is 4. The van der Waals surface area contributed by atoms with Gasteiger partial charge in [-0.05, 0) is 24.8 Å². The Bertz CT molecular complexity index is 493. The number of furan rings is 1. The van der Waals surface area contributed by atoms with Crippen molar-refractivity contribution in [2.45, 2.75) is 52.1 Å². The van der Waals surface area contributed by atoms with Crippen LogP contribution in [0.4, 0.5) is 0 Å². The molecule has 1 aliphatic rings. The summed E-state index contributed by atoms with van der Waals surface area (Å²) in [4.78, 5) is 23.6. The summed E-state index contributed by atoms with van der Waals surface area (Å²) in [5.41, 5.74) is 1.06. The van der Waals surface area contributed by atoms with E-state index in [1.54, 1.807) is 6.26 Å². The van der Waals surface area contributed by atoms with Crippen LogP contribution in [0.5, 0.6) is 0 Å². The minimum absolute atomic E-state index is 0.0139. The van der Waals surface area contributed by atoms with Gasteiger partial charge < -0.3 is 15.1 Å². The predicted octanol–water partition coefficient (Wildman–Crippen LogP) is 1.93. The number of carbonyl (C=O) groups is 2. The van der Waals surface area contributed by atoms with E-state index in [1.165, 1.54) is 6.92 Å². The first-order chi connectivity index (χ1) is 9.49. The summed E-state index contributed by atoms with van der Waals surface area (Å²) in [6.45, 7) is 5.27. The molecule has 5 heteroatoms. The van der Waals surface area contributed by atoms with Gasteiger partial charge in [0.15, 0.2) is 0 Å². The molecule has 0 aromatic carbocycles. The van der Waals surface area contributed by atoms with Crippen molar-refractivity contribution in [2.24, 2.45) is 5.92 Å². The van der Waals surface area contributed by atoms with E-state index in [2.05, 4.69) is 10.6 Å². The van der Waals surface area contributed by atoms with Gasteiger partial charge >= 0.3 is 0 Å². The van der Waals surface area contributed by atoms with E-state index < -0.39 is 6.04 Å². The van der Waals surface area contributed by atoms with Crippen molar-refractivity contribution in [1.29, 1.82) is 0 Å². The average Bonchev–Trinajstić information content (AvgIpc) is 2.84. The lowest BCUT2D eigenvalue weighted by Gasteiger charge is -2.27. The number of fused-ring (bicyclic) bond motifs is 1. The SMILES string of the molecule is CC(=O)NC(C(=O)NC1CCCc2occc21)C(C)C. The molecule has 0 spiro atoms. The summed E-state index contributed by atoms with van der Waals surface area (Å²) in [6, 6.07) is 1.41. The summed E-state index contributed by atoms with van der Waals surface area (Å²) in [7, 11) is 0. The molecule has 1 aromatic rings. The first-order valence-electron chi connectivity index (χ1n) is 7.12. The van der Waals surface area contributed by atoms with E-state index in [4.69, 9.17) is 4.42 Å². The van der Waals surface area contributed by atoms with E-state index in [1.807, 2.05) is 19.9 Å². The van der Waals surface area contributed by atoms with Gasteiger partial charge in [-0.1, -0.05) is 13.8 Å². The molecule has 1 aromatic heterocycles. The summed E-state index contributed by atoms with van der Waals surface area (Å²) in [5.74, 6) is 0.689. The van der Waals surface area contributed by atoms with Crippen molar-refractivity contribution in [2.75, 3.05) is 0 Å². The van der Waals surface area contributed by atoms with Crippen LogP contribution in [-0.2, 0) is 16.0 Å². The standard InChI is InChI=1S/C15H22N2O3/c1-9(2)14(16-10(3)18)15(19)17-12-5-4-6-13-11(12)7-8-20-13/h7-9,12,14H,4-6H2,1-3H3,(H,16,18)(H,17,19). The molecule has 1 heterocycles. The molecule has 0 fully saturated rings. The van der Waals surface area contributed by atoms with Gasteiger partial charge in [0, 0.05) is 18.9 Å². The monoisotopic (exact) mass is 278 g/mol. The van der Waals surface area contributed by atoms with Crippen LogP contribution in [0.25, 0.3) is 0 Å². The fraction of sp³-hybridized carbons (Fsp3) is 0.600. The third-order valence-corrected chi connectivity index (χ3v) is 3.68. The molecule has 1 aliphatic carbocycles. The molecule has 0 saturated heterocycles. The Hall–Kier alpha value is -1.78. The van der Waals surface area contributed by atoms with Gasteiger partial charge in [0.1, 0.15) is 11.8 Å². The molecule has 5 nitrogen and oxygen atoms in total. The first-order valence-corrected chi connectivity index (χ1v) is 7.12. The molecule has 110 valence electrons. The summed E-state index contributed by atoms with van der Waals surface area (Å²) >= 11 is 0. The molecule has 2 N–H and O–H groups in total. The number of amides is 2. The topological polar surface area (TPSA) is 71.3 Å². The zero-order valence-electron chi connectivity index (χ0n) is 12.2. The lowest BCUT2D eigenvalue weighted by atomic mass is 9.92. The molecule has 0 radical (unpaired) electrons. The fourth-order valence-electron chi connectivity index (χ4n) is 2.65. The maximum atomic E-state index is 12.4. The summed E-state index contributed by atoms with van der Waals surface area (Å²) < 4.78 is 5.42. The average molecular weight is 278 g/mol. The van der Waals surface area contributed by atoms with Crippen LogP contribution in [0.3, 0.4) is 0 Å². The van der Waals surface area contributed by atoms with Crippen molar-refractivity contribution < 1.29 is 14.0 Å². The van der Waals surface area contributed by atoms with Crippen molar-refractivity contribution in [3.63, 3.8) is 0 Å². The Morgan fingerprint density at radius 2 is 2.15 bits per heavy atom. The number of aryl methyl sites for hydroxylation is 1. The lowest BCUT2D eigenvalue weighted by molar-refractivity contribution is -0.129. The van der Waals surface area contributed by atoms with Crippen LogP contribution >= 0.6 is 0 Å². The van der Waals surface area contributed by atoms with E-state index in [-0.39, 0.29) is 23.8 Å². The summed E-state index contributed by atoms with van der Waals surface area (Å²) in [5, 5.41) is 5.75. The smallest absolute Gasteiger partial charge is 0.243 e. The van der Waals surface area contributed by atoms with Gasteiger partial charge in [0.05, 0.1) is 12.3 Å². The minimum Gasteiger partial charge on any atom is -0.469 e. The highest BCUT2D eigenvalue weighted by Gasteiger charge is 2.28. The van der Waals surface area contributed by atoms with Gasteiger partial charge in [0.25, 0.3) is 0 Å². The van der Waals surface area contributed by atoms with Crippen LogP contribution in [-0.4, -0.2) is 17.9 Å². The molecule has 2 atom stereocenters. The molecule has 0 bridgehead atoms. The molecule has 0 aliphatic heterocycles. The van der Waals surface area contributed by atoms with Crippen LogP contribution in [0.2, 0.25) is 0 Å². The Morgan fingerprint density at radius 3 is 2.80 bits per heavy atom. The fourth-order valence-corrected chi connectivity index (χ4v) is 2.65. The highest BCUT2D eigenvalue weighted by molar-refractivity contribution is 5.87. The van der Waals surface area contributed by atoms with Crippen LogP contribution < -0.4 is 10.6 Å². The second kappa shape index (κ2) is 6.11. The largest absolute Gasteiger partial charge is 0.469 e. The predicted molar refractivity (Wildman–Crippen MR) is 75.0 cm³/mol. The quantitative estimate of drug-likeness (QED) is 0.884. The Kier molecular flexibility index (Phi) is 4.47. The number of hydrogen-bond donors (Lipinski definition) is 2. The van der Waals surface area contributed by atoms with Crippen LogP contribution in [0, 0.1) is 5.92 Å². The molecule has 2 amide bonds. The van der Waals surface area contributed by atoms with Crippen molar-refractivity contribution in [3.05, 3.63) is 23.7 Å². The third kappa shape index (κ3) is 3.21. The number of nitrogens with one attached hydrogen (secondary N) is 2. The van der Waals surface area contributed by atoms with Gasteiger partial charge in [0.2, 0.25) is 11.8 Å². The van der Waals surface area contributed by atoms with Crippen molar-refractivity contribution in [3.8, 4) is 0 Å². The van der Waals surface area contributed by atoms with E-state index in [0.717, 1.165) is 30.6 Å². The molecular formula is C15H22N2O3. The Morgan fingerprint density at radius 1 is 1.40 bits per heavy atom. The highest BCUT2D eigenvalue weighted by atomic mass is 16.3. The van der Waals surface area contributed by atoms with Crippen molar-refractivity contribution in [1.82, 2.24) is 10.6 Å². The minimum atomic E-state index is -0.496. The second-order valence-electron chi connectivity index (χ2n) is 5.67. The van der Waals surface area contributed by atoms with Gasteiger partial charge in [-0.25, -0.2) is 0 Å². The van der Waals surface area contributed by atoms with Gasteiger partial charge in [-0.15, -0.1) is 0 Å². The molecule has 2 rings (SSSR count). The van der Waals surface area contributed by atoms with Gasteiger partial charge in [-0.2, -0.15) is 0 Å². The van der Waals surface area contributed by atoms with E-state index in [9.17, 15) is 9.59 Å². The van der Waals surface area contributed by atoms with Gasteiger partial charge in [-0.3, -0.25) is 9.59 Å². The molecule has 2 unspecified atom stereocenters. The van der Waals surface area contributed by atoms with E-state index in [0.29, 0.717) is 0 Å². The highest BCUT2D eigenvalue weighted by Crippen LogP contribution is 2.30. The second-order valence-corrected chi connectivity index (χ2v) is 5.67. The van der Waals surface area contributed by atoms with E-state index >= 15 is 0 Å².